The minimum Gasteiger partial charge on any atom is -0.322 e. The first-order valence-corrected chi connectivity index (χ1v) is 4.29. The van der Waals surface area contributed by atoms with Crippen LogP contribution in [0, 0.1) is 17.0 Å². The van der Waals surface area contributed by atoms with Crippen molar-refractivity contribution in [2.24, 2.45) is 5.73 Å². The number of anilines is 1. The number of benzene rings is 1. The normalized spacial score (nSPS) is 9.73. The van der Waals surface area contributed by atoms with Crippen LogP contribution in [-0.4, -0.2) is 17.4 Å². The highest BCUT2D eigenvalue weighted by molar-refractivity contribution is 5.94. The number of amides is 1. The molecule has 0 unspecified atom stereocenters. The second-order valence-corrected chi connectivity index (χ2v) is 3.03. The van der Waals surface area contributed by atoms with Gasteiger partial charge in [0, 0.05) is 6.07 Å². The SMILES string of the molecule is Cc1ccc(NC(=O)CN)c([N+](=O)[O-])c1. The molecular formula is C9H11N3O3. The number of aryl methyl sites for hydroxylation is 1. The van der Waals surface area contributed by atoms with Crippen LogP contribution >= 0.6 is 0 Å². The van der Waals surface area contributed by atoms with Crippen molar-refractivity contribution in [1.29, 1.82) is 0 Å². The summed E-state index contributed by atoms with van der Waals surface area (Å²) in [6, 6.07) is 4.56. The summed E-state index contributed by atoms with van der Waals surface area (Å²) < 4.78 is 0. The average Bonchev–Trinajstić information content (AvgIpc) is 2.20. The van der Waals surface area contributed by atoms with Crippen LogP contribution < -0.4 is 11.1 Å². The van der Waals surface area contributed by atoms with Gasteiger partial charge in [-0.2, -0.15) is 0 Å². The number of carbonyl (C=O) groups excluding carboxylic acids is 1. The molecule has 0 saturated carbocycles. The molecule has 0 fully saturated rings. The summed E-state index contributed by atoms with van der Waals surface area (Å²) in [5, 5.41) is 13.0. The fraction of sp³-hybridized carbons (Fsp3) is 0.222. The van der Waals surface area contributed by atoms with E-state index in [1.54, 1.807) is 13.0 Å². The van der Waals surface area contributed by atoms with E-state index in [0.717, 1.165) is 5.56 Å². The molecular weight excluding hydrogens is 198 g/mol. The highest BCUT2D eigenvalue weighted by atomic mass is 16.6. The minimum absolute atomic E-state index is 0.128. The lowest BCUT2D eigenvalue weighted by Gasteiger charge is -2.04. The fourth-order valence-corrected chi connectivity index (χ4v) is 1.10. The number of hydrogen-bond acceptors (Lipinski definition) is 4. The summed E-state index contributed by atoms with van der Waals surface area (Å²) in [6.07, 6.45) is 0. The van der Waals surface area contributed by atoms with E-state index in [0.29, 0.717) is 0 Å². The molecule has 1 amide bonds. The molecule has 1 aromatic carbocycles. The molecule has 15 heavy (non-hydrogen) atoms. The Bertz CT molecular complexity index is 404. The third-order valence-corrected chi connectivity index (χ3v) is 1.81. The van der Waals surface area contributed by atoms with Gasteiger partial charge in [-0.05, 0) is 18.6 Å². The van der Waals surface area contributed by atoms with Gasteiger partial charge in [0.1, 0.15) is 5.69 Å². The molecule has 0 aromatic heterocycles. The van der Waals surface area contributed by atoms with Crippen molar-refractivity contribution in [3.63, 3.8) is 0 Å². The number of nitrogens with two attached hydrogens (primary N) is 1. The molecule has 3 N–H and O–H groups in total. The summed E-state index contributed by atoms with van der Waals surface area (Å²) in [7, 11) is 0. The predicted molar refractivity (Wildman–Crippen MR) is 55.5 cm³/mol. The van der Waals surface area contributed by atoms with Crippen molar-refractivity contribution in [3.05, 3.63) is 33.9 Å². The molecule has 0 heterocycles. The topological polar surface area (TPSA) is 98.3 Å². The first-order chi connectivity index (χ1) is 7.04. The van der Waals surface area contributed by atoms with Crippen LogP contribution in [-0.2, 0) is 4.79 Å². The Kier molecular flexibility index (Phi) is 3.35. The second kappa shape index (κ2) is 4.52. The van der Waals surface area contributed by atoms with Gasteiger partial charge in [-0.25, -0.2) is 0 Å². The maximum absolute atomic E-state index is 11.0. The van der Waals surface area contributed by atoms with Gasteiger partial charge in [-0.1, -0.05) is 6.07 Å². The Morgan fingerprint density at radius 3 is 2.80 bits per heavy atom. The van der Waals surface area contributed by atoms with Crippen LogP contribution in [0.1, 0.15) is 5.56 Å². The molecule has 0 aliphatic heterocycles. The van der Waals surface area contributed by atoms with E-state index in [4.69, 9.17) is 5.73 Å². The molecule has 0 aliphatic carbocycles. The molecule has 0 radical (unpaired) electrons. The lowest BCUT2D eigenvalue weighted by molar-refractivity contribution is -0.384. The number of nitro benzene ring substituents is 1. The van der Waals surface area contributed by atoms with Crippen LogP contribution in [0.3, 0.4) is 0 Å². The molecule has 6 heteroatoms. The molecule has 0 bridgehead atoms. The monoisotopic (exact) mass is 209 g/mol. The summed E-state index contributed by atoms with van der Waals surface area (Å²) in [4.78, 5) is 21.1. The third kappa shape index (κ3) is 2.75. The fourth-order valence-electron chi connectivity index (χ4n) is 1.10. The van der Waals surface area contributed by atoms with Crippen LogP contribution in [0.2, 0.25) is 0 Å². The first kappa shape index (κ1) is 11.1. The second-order valence-electron chi connectivity index (χ2n) is 3.03. The van der Waals surface area contributed by atoms with E-state index in [1.165, 1.54) is 12.1 Å². The molecule has 0 saturated heterocycles. The average molecular weight is 209 g/mol. The van der Waals surface area contributed by atoms with E-state index in [2.05, 4.69) is 5.32 Å². The molecule has 6 nitrogen and oxygen atoms in total. The zero-order chi connectivity index (χ0) is 11.4. The molecule has 1 aromatic rings. The van der Waals surface area contributed by atoms with Crippen LogP contribution in [0.4, 0.5) is 11.4 Å². The molecule has 0 spiro atoms. The predicted octanol–water partition coefficient (Wildman–Crippen LogP) is 0.800. The number of rotatable bonds is 3. The minimum atomic E-state index is -0.543. The van der Waals surface area contributed by atoms with Gasteiger partial charge in [0.05, 0.1) is 11.5 Å². The number of hydrogen-bond donors (Lipinski definition) is 2. The van der Waals surface area contributed by atoms with Gasteiger partial charge in [-0.3, -0.25) is 14.9 Å². The Balaban J connectivity index is 3.06. The van der Waals surface area contributed by atoms with Gasteiger partial charge in [-0.15, -0.1) is 0 Å². The highest BCUT2D eigenvalue weighted by Gasteiger charge is 2.14. The molecule has 0 aliphatic rings. The van der Waals surface area contributed by atoms with Crippen molar-refractivity contribution >= 4 is 17.3 Å². The summed E-state index contributed by atoms with van der Waals surface area (Å²) in [6.45, 7) is 1.53. The smallest absolute Gasteiger partial charge is 0.293 e. The summed E-state index contributed by atoms with van der Waals surface area (Å²) >= 11 is 0. The Morgan fingerprint density at radius 1 is 1.60 bits per heavy atom. The van der Waals surface area contributed by atoms with Gasteiger partial charge in [0.15, 0.2) is 0 Å². The Morgan fingerprint density at radius 2 is 2.27 bits per heavy atom. The summed E-state index contributed by atoms with van der Waals surface area (Å²) in [5.74, 6) is -0.457. The standard InChI is InChI=1S/C9H11N3O3/c1-6-2-3-7(11-9(13)5-10)8(4-6)12(14)15/h2-4H,5,10H2,1H3,(H,11,13). The van der Waals surface area contributed by atoms with Crippen LogP contribution in [0.5, 0.6) is 0 Å². The highest BCUT2D eigenvalue weighted by Crippen LogP contribution is 2.24. The maximum Gasteiger partial charge on any atom is 0.293 e. The van der Waals surface area contributed by atoms with E-state index in [9.17, 15) is 14.9 Å². The molecule has 80 valence electrons. The van der Waals surface area contributed by atoms with Crippen molar-refractivity contribution in [1.82, 2.24) is 0 Å². The number of nitrogens with zero attached hydrogens (tertiary/aromatic N) is 1. The van der Waals surface area contributed by atoms with Crippen molar-refractivity contribution < 1.29 is 9.72 Å². The molecule has 0 atom stereocenters. The lowest BCUT2D eigenvalue weighted by Crippen LogP contribution is -2.22. The number of carbonyl (C=O) groups is 1. The van der Waals surface area contributed by atoms with Crippen LogP contribution in [0.15, 0.2) is 18.2 Å². The lowest BCUT2D eigenvalue weighted by atomic mass is 10.2. The van der Waals surface area contributed by atoms with Crippen molar-refractivity contribution in [2.75, 3.05) is 11.9 Å². The van der Waals surface area contributed by atoms with Gasteiger partial charge in [0.2, 0.25) is 5.91 Å². The van der Waals surface area contributed by atoms with Crippen LogP contribution in [0.25, 0.3) is 0 Å². The maximum atomic E-state index is 11.0. The number of nitro groups is 1. The van der Waals surface area contributed by atoms with Gasteiger partial charge in [0.25, 0.3) is 5.69 Å². The first-order valence-electron chi connectivity index (χ1n) is 4.29. The Hall–Kier alpha value is -1.95. The van der Waals surface area contributed by atoms with Gasteiger partial charge >= 0.3 is 0 Å². The Labute approximate surface area is 86.2 Å². The van der Waals surface area contributed by atoms with Crippen molar-refractivity contribution in [2.45, 2.75) is 6.92 Å². The molecule has 1 rings (SSSR count). The van der Waals surface area contributed by atoms with E-state index >= 15 is 0 Å². The van der Waals surface area contributed by atoms with Gasteiger partial charge < -0.3 is 11.1 Å². The third-order valence-electron chi connectivity index (χ3n) is 1.81. The zero-order valence-corrected chi connectivity index (χ0v) is 8.19. The zero-order valence-electron chi connectivity index (χ0n) is 8.19. The van der Waals surface area contributed by atoms with E-state index in [1.807, 2.05) is 0 Å². The van der Waals surface area contributed by atoms with E-state index < -0.39 is 10.8 Å². The van der Waals surface area contributed by atoms with E-state index in [-0.39, 0.29) is 17.9 Å². The number of nitrogens with one attached hydrogen (secondary N) is 1. The van der Waals surface area contributed by atoms with Crippen molar-refractivity contribution in [3.8, 4) is 0 Å². The summed E-state index contributed by atoms with van der Waals surface area (Å²) in [5.41, 5.74) is 5.89. The quantitative estimate of drug-likeness (QED) is 0.568. The largest absolute Gasteiger partial charge is 0.322 e.